The Morgan fingerprint density at radius 3 is 2.33 bits per heavy atom. The smallest absolute Gasteiger partial charge is 0.326 e. The lowest BCUT2D eigenvalue weighted by molar-refractivity contribution is -0.139. The van der Waals surface area contributed by atoms with Crippen molar-refractivity contribution in [2.24, 2.45) is 0 Å². The molecule has 0 radical (unpaired) electrons. The van der Waals surface area contributed by atoms with Crippen molar-refractivity contribution in [3.05, 3.63) is 70.8 Å². The van der Waals surface area contributed by atoms with E-state index in [0.717, 1.165) is 10.5 Å². The van der Waals surface area contributed by atoms with Crippen LogP contribution in [0.2, 0.25) is 0 Å². The van der Waals surface area contributed by atoms with Gasteiger partial charge in [-0.2, -0.15) is 0 Å². The van der Waals surface area contributed by atoms with E-state index in [1.54, 1.807) is 0 Å². The topological polar surface area (TPSA) is 138 Å². The van der Waals surface area contributed by atoms with Crippen molar-refractivity contribution in [3.8, 4) is 0 Å². The maximum atomic E-state index is 12.8. The van der Waals surface area contributed by atoms with Gasteiger partial charge in [0.25, 0.3) is 17.7 Å². The van der Waals surface area contributed by atoms with Crippen LogP contribution >= 0.6 is 0 Å². The zero-order valence-corrected chi connectivity index (χ0v) is 18.8. The number of sulfone groups is 1. The molecule has 0 saturated heterocycles. The molecule has 1 aliphatic rings. The highest BCUT2D eigenvalue weighted by molar-refractivity contribution is 7.91. The van der Waals surface area contributed by atoms with Crippen LogP contribution in [0.3, 0.4) is 0 Å². The summed E-state index contributed by atoms with van der Waals surface area (Å²) in [6.07, 6.45) is 0.202. The van der Waals surface area contributed by atoms with Crippen LogP contribution in [0.15, 0.2) is 48.5 Å². The average Bonchev–Trinajstić information content (AvgIpc) is 3.04. The second-order valence-electron chi connectivity index (χ2n) is 7.65. The Balaban J connectivity index is 1.71. The summed E-state index contributed by atoms with van der Waals surface area (Å²) in [5, 5.41) is 11.6. The molecule has 1 unspecified atom stereocenters. The molecule has 33 heavy (non-hydrogen) atoms. The quantitative estimate of drug-likeness (QED) is 0.500. The second-order valence-corrected chi connectivity index (χ2v) is 10.1. The van der Waals surface area contributed by atoms with Crippen molar-refractivity contribution < 1.29 is 32.7 Å². The number of carboxylic acids is 1. The number of hydrogen-bond acceptors (Lipinski definition) is 6. The van der Waals surface area contributed by atoms with Crippen molar-refractivity contribution in [1.82, 2.24) is 10.2 Å². The van der Waals surface area contributed by atoms with Gasteiger partial charge in [-0.25, -0.2) is 13.2 Å². The molecule has 0 aromatic heterocycles. The van der Waals surface area contributed by atoms with E-state index in [9.17, 15) is 32.7 Å². The van der Waals surface area contributed by atoms with Gasteiger partial charge >= 0.3 is 5.97 Å². The number of benzene rings is 2. The SMILES string of the molecule is CCS(=O)(=O)CCC(NC(=O)c1ccc2c(c1)C(=O)N(CCc1ccccc1)C2=O)C(=O)O. The van der Waals surface area contributed by atoms with Crippen LogP contribution in [0.4, 0.5) is 0 Å². The number of hydrogen-bond donors (Lipinski definition) is 2. The van der Waals surface area contributed by atoms with Gasteiger partial charge in [-0.3, -0.25) is 19.3 Å². The normalized spacial score (nSPS) is 14.2. The molecule has 1 heterocycles. The first-order valence-corrected chi connectivity index (χ1v) is 12.2. The summed E-state index contributed by atoms with van der Waals surface area (Å²) in [5.41, 5.74) is 1.22. The van der Waals surface area contributed by atoms with E-state index < -0.39 is 39.6 Å². The Hall–Kier alpha value is -3.53. The first-order chi connectivity index (χ1) is 15.6. The fourth-order valence-electron chi connectivity index (χ4n) is 3.46. The van der Waals surface area contributed by atoms with Crippen molar-refractivity contribution in [2.45, 2.75) is 25.8 Å². The molecule has 0 saturated carbocycles. The molecule has 3 rings (SSSR count). The minimum absolute atomic E-state index is 0.00408. The largest absolute Gasteiger partial charge is 0.480 e. The number of carbonyl (C=O) groups is 4. The Kier molecular flexibility index (Phi) is 7.27. The summed E-state index contributed by atoms with van der Waals surface area (Å²) in [5.74, 6) is -3.63. The molecule has 2 aromatic carbocycles. The summed E-state index contributed by atoms with van der Waals surface area (Å²) in [6, 6.07) is 11.9. The summed E-state index contributed by atoms with van der Waals surface area (Å²) in [6.45, 7) is 1.64. The first-order valence-electron chi connectivity index (χ1n) is 10.4. The fourth-order valence-corrected chi connectivity index (χ4v) is 4.34. The maximum absolute atomic E-state index is 12.8. The van der Waals surface area contributed by atoms with Crippen LogP contribution in [-0.4, -0.2) is 66.2 Å². The lowest BCUT2D eigenvalue weighted by atomic mass is 10.0. The number of carboxylic acid groups (broad SMARTS) is 1. The van der Waals surface area contributed by atoms with Gasteiger partial charge in [0.05, 0.1) is 16.9 Å². The zero-order valence-electron chi connectivity index (χ0n) is 18.0. The predicted octanol–water partition coefficient (Wildman–Crippen LogP) is 1.53. The number of aliphatic carboxylic acids is 1. The lowest BCUT2D eigenvalue weighted by Gasteiger charge is -2.14. The second kappa shape index (κ2) is 9.95. The molecular formula is C23H24N2O7S. The summed E-state index contributed by atoms with van der Waals surface area (Å²) < 4.78 is 23.3. The number of nitrogens with zero attached hydrogens (tertiary/aromatic N) is 1. The summed E-state index contributed by atoms with van der Waals surface area (Å²) >= 11 is 0. The van der Waals surface area contributed by atoms with Crippen LogP contribution in [0.5, 0.6) is 0 Å². The molecule has 2 aromatic rings. The highest BCUT2D eigenvalue weighted by Crippen LogP contribution is 2.24. The summed E-state index contributed by atoms with van der Waals surface area (Å²) in [4.78, 5) is 50.6. The van der Waals surface area contributed by atoms with E-state index in [4.69, 9.17) is 0 Å². The monoisotopic (exact) mass is 472 g/mol. The van der Waals surface area contributed by atoms with Gasteiger partial charge in [0, 0.05) is 17.9 Å². The summed E-state index contributed by atoms with van der Waals surface area (Å²) in [7, 11) is -3.40. The predicted molar refractivity (Wildman–Crippen MR) is 120 cm³/mol. The maximum Gasteiger partial charge on any atom is 0.326 e. The Morgan fingerprint density at radius 2 is 1.70 bits per heavy atom. The van der Waals surface area contributed by atoms with Gasteiger partial charge in [-0.05, 0) is 36.6 Å². The molecule has 3 amide bonds. The third kappa shape index (κ3) is 5.64. The molecule has 174 valence electrons. The number of nitrogens with one attached hydrogen (secondary N) is 1. The molecule has 0 aliphatic carbocycles. The van der Waals surface area contributed by atoms with Crippen LogP contribution in [0.25, 0.3) is 0 Å². The Labute approximate surface area is 191 Å². The van der Waals surface area contributed by atoms with Crippen molar-refractivity contribution in [3.63, 3.8) is 0 Å². The highest BCUT2D eigenvalue weighted by Gasteiger charge is 2.36. The van der Waals surface area contributed by atoms with E-state index in [-0.39, 0.29) is 41.2 Å². The molecule has 9 nitrogen and oxygen atoms in total. The molecule has 0 spiro atoms. The van der Waals surface area contributed by atoms with Crippen LogP contribution in [-0.2, 0) is 21.1 Å². The van der Waals surface area contributed by atoms with Gasteiger partial charge < -0.3 is 10.4 Å². The Morgan fingerprint density at radius 1 is 1.03 bits per heavy atom. The third-order valence-corrected chi connectivity index (χ3v) is 7.20. The van der Waals surface area contributed by atoms with Crippen molar-refractivity contribution in [1.29, 1.82) is 0 Å². The van der Waals surface area contributed by atoms with E-state index in [2.05, 4.69) is 5.32 Å². The van der Waals surface area contributed by atoms with Crippen LogP contribution in [0.1, 0.15) is 50.0 Å². The zero-order chi connectivity index (χ0) is 24.2. The van der Waals surface area contributed by atoms with Gasteiger partial charge in [0.2, 0.25) is 0 Å². The average molecular weight is 473 g/mol. The standard InChI is InChI=1S/C23H24N2O7S/c1-2-33(31,32)13-11-19(23(29)30)24-20(26)16-8-9-17-18(14-16)22(28)25(21(17)27)12-10-15-6-4-3-5-7-15/h3-9,14,19H,2,10-13H2,1H3,(H,24,26)(H,29,30). The van der Waals surface area contributed by atoms with E-state index in [1.807, 2.05) is 30.3 Å². The van der Waals surface area contributed by atoms with Gasteiger partial charge in [0.1, 0.15) is 15.9 Å². The lowest BCUT2D eigenvalue weighted by Crippen LogP contribution is -2.42. The van der Waals surface area contributed by atoms with Crippen molar-refractivity contribution >= 4 is 33.5 Å². The highest BCUT2D eigenvalue weighted by atomic mass is 32.2. The minimum atomic E-state index is -3.40. The number of rotatable bonds is 10. The molecule has 2 N–H and O–H groups in total. The van der Waals surface area contributed by atoms with E-state index in [1.165, 1.54) is 25.1 Å². The minimum Gasteiger partial charge on any atom is -0.480 e. The molecule has 1 atom stereocenters. The fraction of sp³-hybridized carbons (Fsp3) is 0.304. The molecule has 0 bridgehead atoms. The Bertz CT molecular complexity index is 1190. The number of fused-ring (bicyclic) bond motifs is 1. The first kappa shape index (κ1) is 24.1. The van der Waals surface area contributed by atoms with Crippen molar-refractivity contribution in [2.75, 3.05) is 18.1 Å². The van der Waals surface area contributed by atoms with Crippen LogP contribution in [0, 0.1) is 0 Å². The van der Waals surface area contributed by atoms with Gasteiger partial charge in [0.15, 0.2) is 0 Å². The van der Waals surface area contributed by atoms with Gasteiger partial charge in [-0.15, -0.1) is 0 Å². The number of amides is 3. The van der Waals surface area contributed by atoms with E-state index >= 15 is 0 Å². The molecule has 0 fully saturated rings. The van der Waals surface area contributed by atoms with Crippen LogP contribution < -0.4 is 5.32 Å². The third-order valence-electron chi connectivity index (χ3n) is 5.46. The van der Waals surface area contributed by atoms with E-state index in [0.29, 0.717) is 6.42 Å². The molecule has 1 aliphatic heterocycles. The number of imide groups is 1. The molecular weight excluding hydrogens is 448 g/mol. The molecule has 10 heteroatoms. The number of carbonyl (C=O) groups excluding carboxylic acids is 3. The van der Waals surface area contributed by atoms with Gasteiger partial charge in [-0.1, -0.05) is 37.3 Å².